The number of halogens is 3. The van der Waals surface area contributed by atoms with Crippen LogP contribution in [0.4, 0.5) is 24.5 Å². The van der Waals surface area contributed by atoms with Crippen LogP contribution in [0.3, 0.4) is 0 Å². The summed E-state index contributed by atoms with van der Waals surface area (Å²) in [4.78, 5) is 53.4. The maximum Gasteiger partial charge on any atom is 0.401 e. The minimum atomic E-state index is -4.34. The average molecular weight is 838 g/mol. The zero-order valence-electron chi connectivity index (χ0n) is 34.2. The van der Waals surface area contributed by atoms with Crippen LogP contribution in [0.15, 0.2) is 48.8 Å². The van der Waals surface area contributed by atoms with Crippen molar-refractivity contribution in [3.63, 3.8) is 0 Å². The molecular weight excluding hydrogens is 788 g/mol. The summed E-state index contributed by atoms with van der Waals surface area (Å²) >= 11 is 0. The van der Waals surface area contributed by atoms with Gasteiger partial charge in [0, 0.05) is 74.8 Å². The van der Waals surface area contributed by atoms with E-state index < -0.39 is 30.7 Å². The lowest BCUT2D eigenvalue weighted by Crippen LogP contribution is -2.59. The first-order valence-corrected chi connectivity index (χ1v) is 21.8. The van der Waals surface area contributed by atoms with Crippen molar-refractivity contribution in [1.29, 1.82) is 0 Å². The Morgan fingerprint density at radius 3 is 2.56 bits per heavy atom. The van der Waals surface area contributed by atoms with Crippen molar-refractivity contribution in [2.75, 3.05) is 62.2 Å². The number of hydrogen-bond donors (Lipinski definition) is 2. The van der Waals surface area contributed by atoms with Crippen LogP contribution in [0.1, 0.15) is 84.2 Å². The lowest BCUT2D eigenvalue weighted by atomic mass is 9.57. The second kappa shape index (κ2) is 14.4. The van der Waals surface area contributed by atoms with Crippen LogP contribution in [0.2, 0.25) is 0 Å². The van der Waals surface area contributed by atoms with Crippen molar-refractivity contribution in [3.05, 3.63) is 76.7 Å². The largest absolute Gasteiger partial charge is 0.489 e. The van der Waals surface area contributed by atoms with E-state index >= 15 is 0 Å². The van der Waals surface area contributed by atoms with Crippen molar-refractivity contribution in [2.45, 2.75) is 88.8 Å². The molecule has 4 fully saturated rings. The Hall–Kier alpha value is -5.22. The van der Waals surface area contributed by atoms with Crippen molar-refractivity contribution >= 4 is 40.0 Å². The fraction of sp³-hybridized carbons (Fsp3) is 0.533. The van der Waals surface area contributed by atoms with Crippen LogP contribution in [-0.4, -0.2) is 124 Å². The third-order valence-corrected chi connectivity index (χ3v) is 15.0. The molecule has 1 unspecified atom stereocenters. The van der Waals surface area contributed by atoms with Crippen molar-refractivity contribution in [2.24, 2.45) is 11.3 Å². The minimum Gasteiger partial charge on any atom is -0.489 e. The smallest absolute Gasteiger partial charge is 0.401 e. The quantitative estimate of drug-likeness (QED) is 0.250. The number of aromatic nitrogens is 3. The molecule has 1 spiro atoms. The number of rotatable bonds is 6. The molecule has 0 bridgehead atoms. The molecule has 4 atom stereocenters. The van der Waals surface area contributed by atoms with Gasteiger partial charge in [0.2, 0.25) is 11.8 Å². The van der Waals surface area contributed by atoms with Crippen LogP contribution < -0.4 is 19.9 Å². The normalized spacial score (nSPS) is 26.8. The van der Waals surface area contributed by atoms with Crippen molar-refractivity contribution in [1.82, 2.24) is 35.2 Å². The molecule has 13 nitrogen and oxygen atoms in total. The van der Waals surface area contributed by atoms with E-state index in [4.69, 9.17) is 9.72 Å². The number of pyridine rings is 1. The maximum atomic E-state index is 13.9. The molecule has 1 saturated carbocycles. The number of nitrogens with zero attached hydrogens (tertiary/aromatic N) is 7. The zero-order chi connectivity index (χ0) is 41.8. The highest BCUT2D eigenvalue weighted by Gasteiger charge is 2.48. The summed E-state index contributed by atoms with van der Waals surface area (Å²) in [5, 5.41) is 10.6. The molecule has 7 aliphatic rings. The molecule has 11 rings (SSSR count). The van der Waals surface area contributed by atoms with E-state index in [2.05, 4.69) is 30.2 Å². The topological polar surface area (TPSA) is 130 Å². The third kappa shape index (κ3) is 6.71. The number of fused-ring (bicyclic) bond motifs is 8. The zero-order valence-corrected chi connectivity index (χ0v) is 34.2. The Balaban J connectivity index is 0.705. The number of carbonyl (C=O) groups is 3. The Morgan fingerprint density at radius 1 is 0.951 bits per heavy atom. The van der Waals surface area contributed by atoms with Gasteiger partial charge >= 0.3 is 6.18 Å². The van der Waals surface area contributed by atoms with Gasteiger partial charge in [0.25, 0.3) is 5.91 Å². The monoisotopic (exact) mass is 837 g/mol. The number of hydrogen-bond acceptors (Lipinski definition) is 10. The van der Waals surface area contributed by atoms with Gasteiger partial charge in [-0.2, -0.15) is 18.3 Å². The number of alkyl halides is 3. The van der Waals surface area contributed by atoms with Crippen molar-refractivity contribution < 1.29 is 32.3 Å². The summed E-state index contributed by atoms with van der Waals surface area (Å²) in [6, 6.07) is 10.1. The molecule has 320 valence electrons. The van der Waals surface area contributed by atoms with Crippen LogP contribution in [0.5, 0.6) is 5.75 Å². The second-order valence-electron chi connectivity index (χ2n) is 18.7. The van der Waals surface area contributed by atoms with Gasteiger partial charge in [-0.3, -0.25) is 39.6 Å². The predicted molar refractivity (Wildman–Crippen MR) is 220 cm³/mol. The second-order valence-corrected chi connectivity index (χ2v) is 18.7. The molecule has 61 heavy (non-hydrogen) atoms. The number of benzene rings is 2. The van der Waals surface area contributed by atoms with Gasteiger partial charge in [0.15, 0.2) is 0 Å². The van der Waals surface area contributed by atoms with Gasteiger partial charge in [-0.25, -0.2) is 0 Å². The number of piperazine rings is 1. The van der Waals surface area contributed by atoms with Gasteiger partial charge in [0.05, 0.1) is 53.6 Å². The Morgan fingerprint density at radius 2 is 1.79 bits per heavy atom. The van der Waals surface area contributed by atoms with E-state index in [1.165, 1.54) is 12.8 Å². The average Bonchev–Trinajstić information content (AvgIpc) is 3.85. The Labute approximate surface area is 351 Å². The molecule has 2 aromatic heterocycles. The van der Waals surface area contributed by atoms with Gasteiger partial charge < -0.3 is 19.4 Å². The summed E-state index contributed by atoms with van der Waals surface area (Å²) in [5.74, 6) is 0.561. The third-order valence-electron chi connectivity index (χ3n) is 15.0. The standard InChI is InChI=1S/C45H50F3N9O4/c1-26-16-32-30(3-6-35-33(32)20-50-52-35)40(57(26)25-45(46,47)48)36-5-2-28(19-49-36)54-12-10-44(11-13-54)17-27(18-44)21-53-14-15-55-29(22-53)24-61-38-8-4-31-34(41(38)55)23-56(43(31)60)37-7-9-39(58)51-42(37)59/h2-6,8,19-20,26-27,29,37,40H,7,9-18,21-25H2,1H3,(H,50,52)(H,51,58,59)/t26-,29+,37?,40+/m1/s1. The summed E-state index contributed by atoms with van der Waals surface area (Å²) < 4.78 is 48.1. The molecule has 16 heteroatoms. The Kier molecular flexibility index (Phi) is 9.15. The number of aromatic amines is 1. The molecule has 3 amide bonds. The number of anilines is 2. The fourth-order valence-electron chi connectivity index (χ4n) is 12.0. The van der Waals surface area contributed by atoms with Crippen LogP contribution in [-0.2, 0) is 22.6 Å². The first kappa shape index (κ1) is 38.7. The molecular formula is C45H50F3N9O4. The molecule has 3 saturated heterocycles. The molecule has 8 heterocycles. The van der Waals surface area contributed by atoms with E-state index in [0.717, 1.165) is 96.8 Å². The number of H-pyrrole nitrogens is 1. The van der Waals surface area contributed by atoms with E-state index in [-0.39, 0.29) is 30.3 Å². The number of ether oxygens (including phenoxy) is 1. The number of imide groups is 1. The van der Waals surface area contributed by atoms with E-state index in [1.807, 2.05) is 49.5 Å². The SMILES string of the molecule is C[C@@H]1Cc2c(ccc3[nH]ncc23)[C@@H](c2ccc(N3CCC4(CC3)CC(CN3CCN5c6c(ccc7c6CN(C6CCC(=O)NC6=O)C7=O)OC[C@@H]5C3)C4)cn2)N1CC(F)(F)F. The number of nitrogens with one attached hydrogen (secondary N) is 2. The molecule has 6 aliphatic heterocycles. The molecule has 0 radical (unpaired) electrons. The van der Waals surface area contributed by atoms with Crippen LogP contribution >= 0.6 is 0 Å². The summed E-state index contributed by atoms with van der Waals surface area (Å²) in [5.41, 5.74) is 7.27. The number of amides is 3. The van der Waals surface area contributed by atoms with Crippen LogP contribution in [0, 0.1) is 11.3 Å². The molecule has 4 aromatic rings. The lowest BCUT2D eigenvalue weighted by molar-refractivity contribution is -0.155. The summed E-state index contributed by atoms with van der Waals surface area (Å²) in [6.45, 7) is 7.36. The highest BCUT2D eigenvalue weighted by Crippen LogP contribution is 2.53. The molecule has 1 aliphatic carbocycles. The Bertz CT molecular complexity index is 2410. The fourth-order valence-corrected chi connectivity index (χ4v) is 12.0. The molecule has 2 N–H and O–H groups in total. The van der Waals surface area contributed by atoms with Crippen molar-refractivity contribution in [3.8, 4) is 5.75 Å². The van der Waals surface area contributed by atoms with Gasteiger partial charge in [-0.05, 0) is 98.2 Å². The number of piperidine rings is 2. The van der Waals surface area contributed by atoms with Gasteiger partial charge in [-0.15, -0.1) is 0 Å². The summed E-state index contributed by atoms with van der Waals surface area (Å²) in [7, 11) is 0. The van der Waals surface area contributed by atoms with Crippen LogP contribution in [0.25, 0.3) is 10.9 Å². The van der Waals surface area contributed by atoms with E-state index in [0.29, 0.717) is 48.6 Å². The minimum absolute atomic E-state index is 0.167. The molecule has 2 aromatic carbocycles. The lowest BCUT2D eigenvalue weighted by Gasteiger charge is -2.54. The predicted octanol–water partition coefficient (Wildman–Crippen LogP) is 5.20. The van der Waals surface area contributed by atoms with Gasteiger partial charge in [-0.1, -0.05) is 6.07 Å². The highest BCUT2D eigenvalue weighted by atomic mass is 19.4. The van der Waals surface area contributed by atoms with Gasteiger partial charge in [0.1, 0.15) is 18.4 Å². The maximum absolute atomic E-state index is 13.9. The van der Waals surface area contributed by atoms with E-state index in [1.54, 1.807) is 16.0 Å². The van der Waals surface area contributed by atoms with E-state index in [9.17, 15) is 27.6 Å². The summed E-state index contributed by atoms with van der Waals surface area (Å²) in [6.07, 6.45) is 5.01. The first-order chi connectivity index (χ1) is 29.4. The number of carbonyl (C=O) groups excluding carboxylic acids is 3. The highest BCUT2D eigenvalue weighted by molar-refractivity contribution is 6.06. The first-order valence-electron chi connectivity index (χ1n) is 21.8.